The highest BCUT2D eigenvalue weighted by Gasteiger charge is 2.13. The lowest BCUT2D eigenvalue weighted by Gasteiger charge is -2.04. The Bertz CT molecular complexity index is 1240. The van der Waals surface area contributed by atoms with Gasteiger partial charge in [0.25, 0.3) is 5.91 Å². The minimum absolute atomic E-state index is 0.0884. The molecule has 0 unspecified atom stereocenters. The first-order valence-corrected chi connectivity index (χ1v) is 9.99. The molecule has 0 aliphatic heterocycles. The second-order valence-corrected chi connectivity index (χ2v) is 7.31. The molecule has 1 amide bonds. The van der Waals surface area contributed by atoms with Gasteiger partial charge >= 0.3 is 0 Å². The summed E-state index contributed by atoms with van der Waals surface area (Å²) < 4.78 is 0. The number of rotatable bonds is 5. The van der Waals surface area contributed by atoms with Gasteiger partial charge < -0.3 is 0 Å². The summed E-state index contributed by atoms with van der Waals surface area (Å²) in [7, 11) is 0. The molecule has 6 heteroatoms. The van der Waals surface area contributed by atoms with Crippen molar-refractivity contribution in [3.63, 3.8) is 0 Å². The van der Waals surface area contributed by atoms with E-state index in [4.69, 9.17) is 5.26 Å². The molecule has 30 heavy (non-hydrogen) atoms. The fraction of sp³-hybridized carbons (Fsp3) is 0. The van der Waals surface area contributed by atoms with Crippen molar-refractivity contribution in [2.45, 2.75) is 0 Å². The second-order valence-electron chi connectivity index (χ2n) is 6.45. The SMILES string of the molecule is N#Cc1ccc(-c2csc(NC(=O)c3ccc(C(=O)c4ccccc4)cc3)n2)cc1. The molecule has 0 spiro atoms. The Morgan fingerprint density at radius 2 is 1.47 bits per heavy atom. The van der Waals surface area contributed by atoms with Crippen LogP contribution in [0.5, 0.6) is 0 Å². The summed E-state index contributed by atoms with van der Waals surface area (Å²) in [4.78, 5) is 29.4. The summed E-state index contributed by atoms with van der Waals surface area (Å²) in [5.41, 5.74) is 3.74. The average molecular weight is 409 g/mol. The molecule has 4 rings (SSSR count). The minimum atomic E-state index is -0.297. The Kier molecular flexibility index (Phi) is 5.46. The van der Waals surface area contributed by atoms with Crippen molar-refractivity contribution in [1.82, 2.24) is 4.98 Å². The Hall–Kier alpha value is -4.08. The van der Waals surface area contributed by atoms with E-state index in [9.17, 15) is 9.59 Å². The van der Waals surface area contributed by atoms with Gasteiger partial charge in [0.15, 0.2) is 10.9 Å². The van der Waals surface area contributed by atoms with E-state index in [-0.39, 0.29) is 11.7 Å². The van der Waals surface area contributed by atoms with E-state index in [1.54, 1.807) is 48.5 Å². The molecule has 1 aromatic heterocycles. The number of thiazole rings is 1. The zero-order valence-corrected chi connectivity index (χ0v) is 16.5. The summed E-state index contributed by atoms with van der Waals surface area (Å²) in [5.74, 6) is -0.385. The van der Waals surface area contributed by atoms with Gasteiger partial charge in [0, 0.05) is 27.6 Å². The van der Waals surface area contributed by atoms with Gasteiger partial charge in [-0.05, 0) is 24.3 Å². The molecule has 0 saturated carbocycles. The average Bonchev–Trinajstić information content (AvgIpc) is 3.27. The summed E-state index contributed by atoms with van der Waals surface area (Å²) in [6, 6.07) is 24.7. The molecule has 0 saturated heterocycles. The molecule has 3 aromatic carbocycles. The van der Waals surface area contributed by atoms with Crippen molar-refractivity contribution in [3.05, 3.63) is 106 Å². The number of carbonyl (C=O) groups excluding carboxylic acids is 2. The molecule has 0 radical (unpaired) electrons. The minimum Gasteiger partial charge on any atom is -0.298 e. The fourth-order valence-corrected chi connectivity index (χ4v) is 3.59. The van der Waals surface area contributed by atoms with Gasteiger partial charge in [0.2, 0.25) is 0 Å². The normalized spacial score (nSPS) is 10.2. The number of hydrogen-bond donors (Lipinski definition) is 1. The number of aromatic nitrogens is 1. The third-order valence-corrected chi connectivity index (χ3v) is 5.24. The summed E-state index contributed by atoms with van der Waals surface area (Å²) >= 11 is 1.32. The van der Waals surface area contributed by atoms with Crippen LogP contribution in [0.25, 0.3) is 11.3 Å². The zero-order chi connectivity index (χ0) is 20.9. The lowest BCUT2D eigenvalue weighted by molar-refractivity contribution is 0.102. The summed E-state index contributed by atoms with van der Waals surface area (Å²) in [5, 5.41) is 14.0. The zero-order valence-electron chi connectivity index (χ0n) is 15.7. The Balaban J connectivity index is 1.45. The summed E-state index contributed by atoms with van der Waals surface area (Å²) in [6.45, 7) is 0. The molecule has 0 bridgehead atoms. The van der Waals surface area contributed by atoms with Crippen molar-refractivity contribution in [2.24, 2.45) is 0 Å². The van der Waals surface area contributed by atoms with Crippen molar-refractivity contribution in [2.75, 3.05) is 5.32 Å². The van der Waals surface area contributed by atoms with Crippen molar-refractivity contribution in [3.8, 4) is 17.3 Å². The standard InChI is InChI=1S/C24H15N3O2S/c25-14-16-6-8-17(9-7-16)21-15-30-24(26-21)27-23(29)20-12-10-19(11-13-20)22(28)18-4-2-1-3-5-18/h1-13,15H,(H,26,27,29). The Morgan fingerprint density at radius 1 is 0.833 bits per heavy atom. The first-order valence-electron chi connectivity index (χ1n) is 9.11. The first kappa shape index (κ1) is 19.2. The van der Waals surface area contributed by atoms with Crippen LogP contribution in [0.4, 0.5) is 5.13 Å². The number of anilines is 1. The Morgan fingerprint density at radius 3 is 2.13 bits per heavy atom. The van der Waals surface area contributed by atoms with Crippen LogP contribution in [0.1, 0.15) is 31.8 Å². The molecule has 1 heterocycles. The fourth-order valence-electron chi connectivity index (χ4n) is 2.88. The molecule has 4 aromatic rings. The van der Waals surface area contributed by atoms with E-state index in [1.165, 1.54) is 11.3 Å². The van der Waals surface area contributed by atoms with Gasteiger partial charge in [-0.25, -0.2) is 4.98 Å². The van der Waals surface area contributed by atoms with Crippen molar-refractivity contribution in [1.29, 1.82) is 5.26 Å². The molecule has 144 valence electrons. The van der Waals surface area contributed by atoms with E-state index in [2.05, 4.69) is 16.4 Å². The number of carbonyl (C=O) groups is 2. The number of hydrogen-bond acceptors (Lipinski definition) is 5. The molecular weight excluding hydrogens is 394 g/mol. The molecule has 1 N–H and O–H groups in total. The van der Waals surface area contributed by atoms with Crippen LogP contribution in [0.3, 0.4) is 0 Å². The predicted molar refractivity (Wildman–Crippen MR) is 117 cm³/mol. The topological polar surface area (TPSA) is 82.9 Å². The largest absolute Gasteiger partial charge is 0.298 e. The van der Waals surface area contributed by atoms with Gasteiger partial charge in [-0.2, -0.15) is 5.26 Å². The van der Waals surface area contributed by atoms with E-state index >= 15 is 0 Å². The highest BCUT2D eigenvalue weighted by atomic mass is 32.1. The van der Waals surface area contributed by atoms with E-state index in [0.29, 0.717) is 27.4 Å². The third kappa shape index (κ3) is 4.17. The lowest BCUT2D eigenvalue weighted by atomic mass is 10.0. The second kappa shape index (κ2) is 8.52. The number of benzene rings is 3. The van der Waals surface area contributed by atoms with Gasteiger partial charge in [0.1, 0.15) is 0 Å². The quantitative estimate of drug-likeness (QED) is 0.461. The highest BCUT2D eigenvalue weighted by Crippen LogP contribution is 2.25. The number of nitrogens with one attached hydrogen (secondary N) is 1. The van der Waals surface area contributed by atoms with Crippen LogP contribution < -0.4 is 5.32 Å². The molecular formula is C24H15N3O2S. The van der Waals surface area contributed by atoms with E-state index in [0.717, 1.165) is 11.3 Å². The smallest absolute Gasteiger partial charge is 0.257 e. The number of nitriles is 1. The van der Waals surface area contributed by atoms with Gasteiger partial charge in [-0.15, -0.1) is 11.3 Å². The highest BCUT2D eigenvalue weighted by molar-refractivity contribution is 7.14. The maximum Gasteiger partial charge on any atom is 0.257 e. The van der Waals surface area contributed by atoms with Crippen molar-refractivity contribution < 1.29 is 9.59 Å². The predicted octanol–water partition coefficient (Wildman–Crippen LogP) is 5.17. The molecule has 5 nitrogen and oxygen atoms in total. The van der Waals surface area contributed by atoms with Crippen LogP contribution in [-0.4, -0.2) is 16.7 Å². The van der Waals surface area contributed by atoms with Crippen LogP contribution >= 0.6 is 11.3 Å². The maximum atomic E-state index is 12.5. The molecule has 0 atom stereocenters. The van der Waals surface area contributed by atoms with E-state index in [1.807, 2.05) is 35.7 Å². The monoisotopic (exact) mass is 409 g/mol. The van der Waals surface area contributed by atoms with Crippen LogP contribution in [0, 0.1) is 11.3 Å². The molecule has 0 aliphatic carbocycles. The van der Waals surface area contributed by atoms with Gasteiger partial charge in [0.05, 0.1) is 17.3 Å². The van der Waals surface area contributed by atoms with Crippen molar-refractivity contribution >= 4 is 28.2 Å². The van der Waals surface area contributed by atoms with Crippen LogP contribution in [0.2, 0.25) is 0 Å². The lowest BCUT2D eigenvalue weighted by Crippen LogP contribution is -2.12. The van der Waals surface area contributed by atoms with Crippen LogP contribution in [0.15, 0.2) is 84.2 Å². The van der Waals surface area contributed by atoms with Crippen LogP contribution in [-0.2, 0) is 0 Å². The molecule has 0 aliphatic rings. The van der Waals surface area contributed by atoms with Gasteiger partial charge in [-0.1, -0.05) is 54.6 Å². The maximum absolute atomic E-state index is 12.5. The number of ketones is 1. The number of nitrogens with zero attached hydrogens (tertiary/aromatic N) is 2. The van der Waals surface area contributed by atoms with E-state index < -0.39 is 0 Å². The third-order valence-electron chi connectivity index (χ3n) is 4.48. The van der Waals surface area contributed by atoms with Gasteiger partial charge in [-0.3, -0.25) is 14.9 Å². The first-order chi connectivity index (χ1) is 14.6. The number of amides is 1. The molecule has 0 fully saturated rings. The summed E-state index contributed by atoms with van der Waals surface area (Å²) in [6.07, 6.45) is 0. The Labute approximate surface area is 177 Å².